The summed E-state index contributed by atoms with van der Waals surface area (Å²) in [7, 11) is 0. The van der Waals surface area contributed by atoms with Crippen molar-refractivity contribution < 1.29 is 14.5 Å². The zero-order chi connectivity index (χ0) is 20.0. The molecule has 2 amide bonds. The average molecular weight is 396 g/mol. The highest BCUT2D eigenvalue weighted by molar-refractivity contribution is 6.34. The van der Waals surface area contributed by atoms with Gasteiger partial charge in [0.05, 0.1) is 15.5 Å². The Morgan fingerprint density at radius 3 is 2.37 bits per heavy atom. The van der Waals surface area contributed by atoms with E-state index in [0.29, 0.717) is 0 Å². The number of amides is 2. The first-order chi connectivity index (χ1) is 12.8. The van der Waals surface area contributed by atoms with Crippen LogP contribution < -0.4 is 10.6 Å². The third kappa shape index (κ3) is 5.92. The van der Waals surface area contributed by atoms with E-state index in [9.17, 15) is 19.7 Å². The summed E-state index contributed by atoms with van der Waals surface area (Å²) in [5.41, 5.74) is -0.243. The van der Waals surface area contributed by atoms with Crippen molar-refractivity contribution in [2.75, 3.05) is 0 Å². The standard InChI is InChI=1S/C19H26ClN3O4/c1-12(2)17(19(25)21-13-7-5-3-4-6-8-13)22-18(24)15-11-14(23(26)27)9-10-16(15)20/h9-13,17H,3-8H2,1-2H3,(H,21,25)(H,22,24). The number of carbonyl (C=O) groups excluding carboxylic acids is 2. The molecule has 0 aromatic heterocycles. The molecule has 0 bridgehead atoms. The Morgan fingerprint density at radius 1 is 1.19 bits per heavy atom. The number of nitrogens with one attached hydrogen (secondary N) is 2. The molecule has 0 spiro atoms. The molecule has 148 valence electrons. The van der Waals surface area contributed by atoms with Gasteiger partial charge in [-0.15, -0.1) is 0 Å². The lowest BCUT2D eigenvalue weighted by Crippen LogP contribution is -2.52. The molecule has 1 unspecified atom stereocenters. The molecule has 1 aliphatic carbocycles. The summed E-state index contributed by atoms with van der Waals surface area (Å²) in [5.74, 6) is -0.970. The van der Waals surface area contributed by atoms with Crippen LogP contribution in [0.1, 0.15) is 62.7 Å². The molecule has 0 saturated heterocycles. The Labute approximate surface area is 164 Å². The van der Waals surface area contributed by atoms with Crippen LogP contribution in [0.15, 0.2) is 18.2 Å². The van der Waals surface area contributed by atoms with Crippen molar-refractivity contribution in [3.8, 4) is 0 Å². The minimum atomic E-state index is -0.740. The number of hydrogen-bond donors (Lipinski definition) is 2. The molecule has 1 saturated carbocycles. The second kappa shape index (κ2) is 9.69. The first-order valence-electron chi connectivity index (χ1n) is 9.34. The zero-order valence-electron chi connectivity index (χ0n) is 15.7. The predicted octanol–water partition coefficient (Wildman–Crippen LogP) is 3.84. The second-order valence-electron chi connectivity index (χ2n) is 7.31. The van der Waals surface area contributed by atoms with Crippen LogP contribution in [0.2, 0.25) is 5.02 Å². The Kier molecular flexibility index (Phi) is 7.59. The number of nitro groups is 1. The first kappa shape index (κ1) is 21.2. The SMILES string of the molecule is CC(C)C(NC(=O)c1cc([N+](=O)[O-])ccc1Cl)C(=O)NC1CCCCCC1. The zero-order valence-corrected chi connectivity index (χ0v) is 16.4. The molecule has 1 aliphatic rings. The molecule has 2 rings (SSSR count). The lowest BCUT2D eigenvalue weighted by atomic mass is 10.0. The number of non-ortho nitro benzene ring substituents is 1. The molecule has 0 heterocycles. The van der Waals surface area contributed by atoms with E-state index in [0.717, 1.165) is 31.7 Å². The van der Waals surface area contributed by atoms with Crippen molar-refractivity contribution in [3.05, 3.63) is 38.9 Å². The summed E-state index contributed by atoms with van der Waals surface area (Å²) in [6, 6.07) is 3.05. The average Bonchev–Trinajstić information content (AvgIpc) is 2.87. The maximum absolute atomic E-state index is 12.7. The van der Waals surface area contributed by atoms with E-state index < -0.39 is 16.9 Å². The molecule has 0 radical (unpaired) electrons. The molecule has 1 fully saturated rings. The predicted molar refractivity (Wildman–Crippen MR) is 104 cm³/mol. The van der Waals surface area contributed by atoms with Gasteiger partial charge in [-0.25, -0.2) is 0 Å². The van der Waals surface area contributed by atoms with Gasteiger partial charge in [-0.3, -0.25) is 19.7 Å². The fourth-order valence-corrected chi connectivity index (χ4v) is 3.47. The monoisotopic (exact) mass is 395 g/mol. The van der Waals surface area contributed by atoms with E-state index in [4.69, 9.17) is 11.6 Å². The molecule has 7 nitrogen and oxygen atoms in total. The first-order valence-corrected chi connectivity index (χ1v) is 9.72. The molecular weight excluding hydrogens is 370 g/mol. The highest BCUT2D eigenvalue weighted by Crippen LogP contribution is 2.22. The smallest absolute Gasteiger partial charge is 0.270 e. The van der Waals surface area contributed by atoms with Crippen LogP contribution >= 0.6 is 11.6 Å². The van der Waals surface area contributed by atoms with Gasteiger partial charge in [-0.05, 0) is 24.8 Å². The summed E-state index contributed by atoms with van der Waals surface area (Å²) in [6.45, 7) is 3.68. The number of halogens is 1. The number of carbonyl (C=O) groups is 2. The van der Waals surface area contributed by atoms with Crippen molar-refractivity contribution in [2.45, 2.75) is 64.5 Å². The lowest BCUT2D eigenvalue weighted by Gasteiger charge is -2.25. The van der Waals surface area contributed by atoms with Crippen LogP contribution in [-0.2, 0) is 4.79 Å². The van der Waals surface area contributed by atoms with Gasteiger partial charge in [0.15, 0.2) is 0 Å². The highest BCUT2D eigenvalue weighted by atomic mass is 35.5. The normalized spacial score (nSPS) is 16.4. The third-order valence-corrected chi connectivity index (χ3v) is 5.17. The number of hydrogen-bond acceptors (Lipinski definition) is 4. The van der Waals surface area contributed by atoms with Crippen molar-refractivity contribution in [1.29, 1.82) is 0 Å². The molecule has 8 heteroatoms. The van der Waals surface area contributed by atoms with Gasteiger partial charge in [-0.1, -0.05) is 51.1 Å². The Balaban J connectivity index is 2.10. The van der Waals surface area contributed by atoms with E-state index in [2.05, 4.69) is 10.6 Å². The van der Waals surface area contributed by atoms with Crippen molar-refractivity contribution in [3.63, 3.8) is 0 Å². The van der Waals surface area contributed by atoms with E-state index in [1.54, 1.807) is 0 Å². The number of nitrogens with zero attached hydrogens (tertiary/aromatic N) is 1. The van der Waals surface area contributed by atoms with Crippen LogP contribution in [0.25, 0.3) is 0 Å². The minimum absolute atomic E-state index is 0.0150. The van der Waals surface area contributed by atoms with Gasteiger partial charge in [0.25, 0.3) is 11.6 Å². The molecule has 1 aromatic rings. The van der Waals surface area contributed by atoms with E-state index in [1.807, 2.05) is 13.8 Å². The summed E-state index contributed by atoms with van der Waals surface area (Å²) in [6.07, 6.45) is 6.44. The fraction of sp³-hybridized carbons (Fsp3) is 0.579. The van der Waals surface area contributed by atoms with Gasteiger partial charge in [-0.2, -0.15) is 0 Å². The van der Waals surface area contributed by atoms with Gasteiger partial charge in [0.1, 0.15) is 6.04 Å². The molecule has 1 aromatic carbocycles. The number of nitro benzene ring substituents is 1. The minimum Gasteiger partial charge on any atom is -0.352 e. The molecule has 0 aliphatic heterocycles. The quantitative estimate of drug-likeness (QED) is 0.434. The Morgan fingerprint density at radius 2 is 1.81 bits per heavy atom. The number of benzene rings is 1. The van der Waals surface area contributed by atoms with Crippen LogP contribution in [-0.4, -0.2) is 28.8 Å². The largest absolute Gasteiger partial charge is 0.352 e. The van der Waals surface area contributed by atoms with Crippen LogP contribution in [0.5, 0.6) is 0 Å². The fourth-order valence-electron chi connectivity index (χ4n) is 3.27. The third-order valence-electron chi connectivity index (χ3n) is 4.84. The van der Waals surface area contributed by atoms with Crippen LogP contribution in [0.3, 0.4) is 0 Å². The maximum Gasteiger partial charge on any atom is 0.270 e. The topological polar surface area (TPSA) is 101 Å². The maximum atomic E-state index is 12.7. The summed E-state index contributed by atoms with van der Waals surface area (Å²) >= 11 is 6.03. The highest BCUT2D eigenvalue weighted by Gasteiger charge is 2.28. The van der Waals surface area contributed by atoms with Gasteiger partial charge in [0.2, 0.25) is 5.91 Å². The van der Waals surface area contributed by atoms with Gasteiger partial charge in [0, 0.05) is 18.2 Å². The van der Waals surface area contributed by atoms with E-state index >= 15 is 0 Å². The lowest BCUT2D eigenvalue weighted by molar-refractivity contribution is -0.384. The van der Waals surface area contributed by atoms with Crippen LogP contribution in [0, 0.1) is 16.0 Å². The van der Waals surface area contributed by atoms with Crippen molar-refractivity contribution in [1.82, 2.24) is 10.6 Å². The molecule has 2 N–H and O–H groups in total. The Hall–Kier alpha value is -2.15. The summed E-state index contributed by atoms with van der Waals surface area (Å²) in [4.78, 5) is 35.7. The van der Waals surface area contributed by atoms with Crippen LogP contribution in [0.4, 0.5) is 5.69 Å². The van der Waals surface area contributed by atoms with E-state index in [1.165, 1.54) is 25.0 Å². The number of rotatable bonds is 6. The van der Waals surface area contributed by atoms with Gasteiger partial charge < -0.3 is 10.6 Å². The molecule has 27 heavy (non-hydrogen) atoms. The van der Waals surface area contributed by atoms with E-state index in [-0.39, 0.29) is 34.1 Å². The Bertz CT molecular complexity index is 700. The molecule has 1 atom stereocenters. The summed E-state index contributed by atoms with van der Waals surface area (Å²) < 4.78 is 0. The molecular formula is C19H26ClN3O4. The van der Waals surface area contributed by atoms with Crippen molar-refractivity contribution in [2.24, 2.45) is 5.92 Å². The van der Waals surface area contributed by atoms with Crippen molar-refractivity contribution >= 4 is 29.1 Å². The second-order valence-corrected chi connectivity index (χ2v) is 7.72. The summed E-state index contributed by atoms with van der Waals surface area (Å²) in [5, 5.41) is 16.8. The van der Waals surface area contributed by atoms with Gasteiger partial charge >= 0.3 is 0 Å².